The Morgan fingerprint density at radius 1 is 1.25 bits per heavy atom. The highest BCUT2D eigenvalue weighted by Gasteiger charge is 2.30. The second-order valence-corrected chi connectivity index (χ2v) is 6.03. The van der Waals surface area contributed by atoms with Crippen LogP contribution in [0.1, 0.15) is 42.9 Å². The van der Waals surface area contributed by atoms with Crippen LogP contribution in [0, 0.1) is 0 Å². The minimum atomic E-state index is 0.790. The van der Waals surface area contributed by atoms with E-state index in [1.54, 1.807) is 0 Å². The van der Waals surface area contributed by atoms with E-state index in [2.05, 4.69) is 30.5 Å². The molecule has 2 nitrogen and oxygen atoms in total. The van der Waals surface area contributed by atoms with E-state index in [4.69, 9.17) is 4.74 Å². The highest BCUT2D eigenvalue weighted by molar-refractivity contribution is 5.81. The summed E-state index contributed by atoms with van der Waals surface area (Å²) in [4.78, 5) is 2.56. The van der Waals surface area contributed by atoms with Gasteiger partial charge < -0.3 is 9.64 Å². The number of aryl methyl sites for hydroxylation is 1. The first-order valence-electron chi connectivity index (χ1n) is 7.79. The van der Waals surface area contributed by atoms with Crippen molar-refractivity contribution >= 4 is 11.3 Å². The fraction of sp³-hybridized carbons (Fsp3) is 0.444. The predicted molar refractivity (Wildman–Crippen MR) is 83.3 cm³/mol. The number of hydrogen-bond acceptors (Lipinski definition) is 2. The van der Waals surface area contributed by atoms with Crippen molar-refractivity contribution in [1.29, 1.82) is 0 Å². The summed E-state index contributed by atoms with van der Waals surface area (Å²) in [7, 11) is 0. The number of fused-ring (bicyclic) bond motifs is 2. The molecule has 0 unspecified atom stereocenters. The summed E-state index contributed by atoms with van der Waals surface area (Å²) >= 11 is 0. The molecular formula is C18H21NO. The van der Waals surface area contributed by atoms with Gasteiger partial charge in [0.15, 0.2) is 0 Å². The zero-order valence-corrected chi connectivity index (χ0v) is 12.2. The van der Waals surface area contributed by atoms with Gasteiger partial charge in [-0.1, -0.05) is 13.5 Å². The van der Waals surface area contributed by atoms with Gasteiger partial charge in [-0.15, -0.1) is 0 Å². The van der Waals surface area contributed by atoms with Crippen LogP contribution in [0.2, 0.25) is 0 Å². The number of anilines is 1. The Bertz CT molecular complexity index is 625. The minimum Gasteiger partial charge on any atom is -0.457 e. The Morgan fingerprint density at radius 3 is 2.85 bits per heavy atom. The van der Waals surface area contributed by atoms with Crippen LogP contribution in [-0.4, -0.2) is 13.1 Å². The van der Waals surface area contributed by atoms with Crippen LogP contribution in [0.25, 0.3) is 5.57 Å². The molecule has 104 valence electrons. The molecule has 20 heavy (non-hydrogen) atoms. The van der Waals surface area contributed by atoms with Crippen molar-refractivity contribution in [3.8, 4) is 5.75 Å². The SMILES string of the molecule is C=C1C=C(CC)c2cc3c4c(c2O1)CCCN4CCC3. The van der Waals surface area contributed by atoms with Crippen molar-refractivity contribution in [2.24, 2.45) is 0 Å². The van der Waals surface area contributed by atoms with Crippen LogP contribution in [0.5, 0.6) is 5.75 Å². The van der Waals surface area contributed by atoms with Crippen molar-refractivity contribution in [1.82, 2.24) is 0 Å². The number of nitrogens with zero attached hydrogens (tertiary/aromatic N) is 1. The number of rotatable bonds is 1. The molecule has 3 aliphatic rings. The van der Waals surface area contributed by atoms with Crippen LogP contribution in [0.4, 0.5) is 5.69 Å². The summed E-state index contributed by atoms with van der Waals surface area (Å²) in [6.45, 7) is 8.65. The minimum absolute atomic E-state index is 0.790. The molecule has 1 aromatic carbocycles. The fourth-order valence-corrected chi connectivity index (χ4v) is 3.91. The van der Waals surface area contributed by atoms with Crippen LogP contribution in [0.3, 0.4) is 0 Å². The molecule has 0 bridgehead atoms. The van der Waals surface area contributed by atoms with Gasteiger partial charge in [0, 0.05) is 29.9 Å². The molecule has 3 heterocycles. The molecule has 0 atom stereocenters. The van der Waals surface area contributed by atoms with E-state index >= 15 is 0 Å². The number of hydrogen-bond donors (Lipinski definition) is 0. The van der Waals surface area contributed by atoms with Crippen LogP contribution >= 0.6 is 0 Å². The van der Waals surface area contributed by atoms with Gasteiger partial charge in [0.25, 0.3) is 0 Å². The largest absolute Gasteiger partial charge is 0.457 e. The van der Waals surface area contributed by atoms with Gasteiger partial charge in [0.1, 0.15) is 11.5 Å². The summed E-state index contributed by atoms with van der Waals surface area (Å²) in [5.41, 5.74) is 7.13. The second kappa shape index (κ2) is 4.41. The Balaban J connectivity index is 1.98. The summed E-state index contributed by atoms with van der Waals surface area (Å²) in [6.07, 6.45) is 8.02. The summed E-state index contributed by atoms with van der Waals surface area (Å²) < 4.78 is 6.04. The summed E-state index contributed by atoms with van der Waals surface area (Å²) in [5, 5.41) is 0. The summed E-state index contributed by atoms with van der Waals surface area (Å²) in [6, 6.07) is 2.38. The Hall–Kier alpha value is -1.70. The molecular weight excluding hydrogens is 246 g/mol. The monoisotopic (exact) mass is 267 g/mol. The molecule has 0 saturated carbocycles. The van der Waals surface area contributed by atoms with E-state index in [-0.39, 0.29) is 0 Å². The normalized spacial score (nSPS) is 19.9. The molecule has 0 N–H and O–H groups in total. The summed E-state index contributed by atoms with van der Waals surface area (Å²) in [5.74, 6) is 1.89. The topological polar surface area (TPSA) is 12.5 Å². The van der Waals surface area contributed by atoms with Crippen LogP contribution in [0.15, 0.2) is 24.5 Å². The lowest BCUT2D eigenvalue weighted by molar-refractivity contribution is 0.431. The molecule has 0 aromatic heterocycles. The number of benzene rings is 1. The van der Waals surface area contributed by atoms with E-state index < -0.39 is 0 Å². The predicted octanol–water partition coefficient (Wildman–Crippen LogP) is 4.08. The van der Waals surface area contributed by atoms with Crippen LogP contribution < -0.4 is 9.64 Å². The van der Waals surface area contributed by atoms with Crippen molar-refractivity contribution in [2.45, 2.75) is 39.0 Å². The molecule has 3 aliphatic heterocycles. The molecule has 0 saturated heterocycles. The molecule has 0 amide bonds. The van der Waals surface area contributed by atoms with Crippen molar-refractivity contribution in [2.75, 3.05) is 18.0 Å². The molecule has 2 heteroatoms. The van der Waals surface area contributed by atoms with Gasteiger partial charge in [0.05, 0.1) is 0 Å². The lowest BCUT2D eigenvalue weighted by Crippen LogP contribution is -2.35. The van der Waals surface area contributed by atoms with Crippen molar-refractivity contribution < 1.29 is 4.74 Å². The van der Waals surface area contributed by atoms with E-state index in [9.17, 15) is 0 Å². The zero-order valence-electron chi connectivity index (χ0n) is 12.2. The first kappa shape index (κ1) is 12.1. The van der Waals surface area contributed by atoms with Crippen molar-refractivity contribution in [3.63, 3.8) is 0 Å². The van der Waals surface area contributed by atoms with E-state index in [0.717, 1.165) is 24.4 Å². The van der Waals surface area contributed by atoms with Gasteiger partial charge >= 0.3 is 0 Å². The molecule has 0 radical (unpaired) electrons. The first-order chi connectivity index (χ1) is 9.78. The molecule has 0 aliphatic carbocycles. The Morgan fingerprint density at radius 2 is 2.05 bits per heavy atom. The Labute approximate surface area is 120 Å². The highest BCUT2D eigenvalue weighted by Crippen LogP contribution is 2.47. The van der Waals surface area contributed by atoms with Gasteiger partial charge in [0.2, 0.25) is 0 Å². The molecule has 1 aromatic rings. The Kier molecular flexibility index (Phi) is 2.66. The standard InChI is InChI=1S/C18H21NO/c1-3-13-10-12(2)20-18-15-7-5-9-19-8-4-6-14(17(15)19)11-16(13)18/h10-11H,2-9H2,1H3. The average molecular weight is 267 g/mol. The fourth-order valence-electron chi connectivity index (χ4n) is 3.91. The van der Waals surface area contributed by atoms with E-state index in [1.807, 2.05) is 0 Å². The molecule has 4 rings (SSSR count). The first-order valence-corrected chi connectivity index (χ1v) is 7.79. The van der Waals surface area contributed by atoms with Gasteiger partial charge in [-0.2, -0.15) is 0 Å². The second-order valence-electron chi connectivity index (χ2n) is 6.03. The van der Waals surface area contributed by atoms with E-state index in [1.165, 1.54) is 60.3 Å². The van der Waals surface area contributed by atoms with Crippen molar-refractivity contribution in [3.05, 3.63) is 41.2 Å². The smallest absolute Gasteiger partial charge is 0.140 e. The maximum absolute atomic E-state index is 6.04. The average Bonchev–Trinajstić information content (AvgIpc) is 2.48. The highest BCUT2D eigenvalue weighted by atomic mass is 16.5. The number of ether oxygens (including phenoxy) is 1. The molecule has 0 fully saturated rings. The number of allylic oxidation sites excluding steroid dienone is 2. The van der Waals surface area contributed by atoms with Gasteiger partial charge in [-0.3, -0.25) is 0 Å². The quantitative estimate of drug-likeness (QED) is 0.760. The third kappa shape index (κ3) is 1.64. The van der Waals surface area contributed by atoms with Gasteiger partial charge in [-0.05, 0) is 55.4 Å². The van der Waals surface area contributed by atoms with Gasteiger partial charge in [-0.25, -0.2) is 0 Å². The van der Waals surface area contributed by atoms with Crippen LogP contribution in [-0.2, 0) is 12.8 Å². The lowest BCUT2D eigenvalue weighted by Gasteiger charge is -2.39. The zero-order chi connectivity index (χ0) is 13.7. The maximum Gasteiger partial charge on any atom is 0.140 e. The maximum atomic E-state index is 6.04. The van der Waals surface area contributed by atoms with E-state index in [0.29, 0.717) is 0 Å². The third-order valence-corrected chi connectivity index (χ3v) is 4.77. The lowest BCUT2D eigenvalue weighted by atomic mass is 9.86. The third-order valence-electron chi connectivity index (χ3n) is 4.77. The molecule has 0 spiro atoms.